The normalized spacial score (nSPS) is 12.2. The van der Waals surface area contributed by atoms with E-state index in [1.165, 1.54) is 0 Å². The van der Waals surface area contributed by atoms with Crippen molar-refractivity contribution >= 4 is 0 Å². The number of hydrogen-bond acceptors (Lipinski definition) is 3. The zero-order valence-corrected chi connectivity index (χ0v) is 9.00. The van der Waals surface area contributed by atoms with E-state index in [1.807, 2.05) is 33.8 Å². The minimum atomic E-state index is -0.276. The van der Waals surface area contributed by atoms with Crippen LogP contribution in [0.5, 0.6) is 0 Å². The van der Waals surface area contributed by atoms with Gasteiger partial charge in [-0.25, -0.2) is 0 Å². The van der Waals surface area contributed by atoms with Gasteiger partial charge in [-0.05, 0) is 27.7 Å². The van der Waals surface area contributed by atoms with Gasteiger partial charge in [-0.15, -0.1) is 0 Å². The summed E-state index contributed by atoms with van der Waals surface area (Å²) >= 11 is 0. The number of hydrogen-bond donors (Lipinski definition) is 0. The average Bonchev–Trinajstić information content (AvgIpc) is 2.05. The summed E-state index contributed by atoms with van der Waals surface area (Å²) in [6, 6.07) is 0. The lowest BCUT2D eigenvalue weighted by Crippen LogP contribution is -2.15. The molecule has 3 heteroatoms. The summed E-state index contributed by atoms with van der Waals surface area (Å²) in [6.45, 7) is 9.68. The highest BCUT2D eigenvalue weighted by atomic mass is 16.7. The quantitative estimate of drug-likeness (QED) is 0.453. The molecule has 0 N–H and O–H groups in total. The molecule has 3 nitrogen and oxygen atoms in total. The van der Waals surface area contributed by atoms with Gasteiger partial charge in [0.25, 0.3) is 0 Å². The van der Waals surface area contributed by atoms with Gasteiger partial charge < -0.3 is 14.2 Å². The van der Waals surface area contributed by atoms with Gasteiger partial charge in [0.1, 0.15) is 0 Å². The predicted molar refractivity (Wildman–Crippen MR) is 52.4 cm³/mol. The molecule has 0 rings (SSSR count). The van der Waals surface area contributed by atoms with Gasteiger partial charge in [-0.1, -0.05) is 0 Å². The van der Waals surface area contributed by atoms with Crippen molar-refractivity contribution in [1.29, 1.82) is 0 Å². The highest BCUT2D eigenvalue weighted by Gasteiger charge is 2.04. The molecule has 0 saturated heterocycles. The molecule has 0 aliphatic rings. The highest BCUT2D eigenvalue weighted by Crippen LogP contribution is 2.03. The molecule has 0 bridgehead atoms. The Bertz CT molecular complexity index is 137. The van der Waals surface area contributed by atoms with Gasteiger partial charge in [-0.2, -0.15) is 0 Å². The lowest BCUT2D eigenvalue weighted by atomic mass is 10.4. The van der Waals surface area contributed by atoms with Crippen molar-refractivity contribution in [1.82, 2.24) is 0 Å². The van der Waals surface area contributed by atoms with Crippen molar-refractivity contribution < 1.29 is 14.2 Å². The molecular weight excluding hydrogens is 168 g/mol. The summed E-state index contributed by atoms with van der Waals surface area (Å²) in [6.07, 6.45) is 1.57. The summed E-state index contributed by atoms with van der Waals surface area (Å²) in [5.41, 5.74) is 0. The Labute approximate surface area is 80.7 Å². The first-order valence-electron chi connectivity index (χ1n) is 4.78. The molecule has 0 amide bonds. The molecule has 0 radical (unpaired) electrons. The van der Waals surface area contributed by atoms with Gasteiger partial charge >= 0.3 is 0 Å². The largest absolute Gasteiger partial charge is 0.499 e. The molecule has 0 atom stereocenters. The lowest BCUT2D eigenvalue weighted by Gasteiger charge is -2.14. The molecule has 13 heavy (non-hydrogen) atoms. The van der Waals surface area contributed by atoms with E-state index >= 15 is 0 Å². The Kier molecular flexibility index (Phi) is 7.74. The molecule has 0 aromatic heterocycles. The summed E-state index contributed by atoms with van der Waals surface area (Å²) in [7, 11) is 0. The van der Waals surface area contributed by atoms with Crippen LogP contribution in [0, 0.1) is 0 Å². The molecule has 0 aliphatic carbocycles. The second-order valence-electron chi connectivity index (χ2n) is 2.49. The van der Waals surface area contributed by atoms with Crippen LogP contribution in [0.4, 0.5) is 0 Å². The maximum Gasteiger partial charge on any atom is 0.180 e. The fraction of sp³-hybridized carbons (Fsp3) is 0.800. The van der Waals surface area contributed by atoms with Crippen LogP contribution in [-0.2, 0) is 14.2 Å². The Morgan fingerprint density at radius 3 is 2.00 bits per heavy atom. The molecule has 0 spiro atoms. The van der Waals surface area contributed by atoms with Crippen molar-refractivity contribution in [2.75, 3.05) is 19.8 Å². The zero-order chi connectivity index (χ0) is 10.1. The van der Waals surface area contributed by atoms with Gasteiger partial charge in [0.2, 0.25) is 0 Å². The first-order chi connectivity index (χ1) is 6.24. The summed E-state index contributed by atoms with van der Waals surface area (Å²) < 4.78 is 15.9. The van der Waals surface area contributed by atoms with E-state index in [0.717, 1.165) is 5.76 Å². The van der Waals surface area contributed by atoms with E-state index in [-0.39, 0.29) is 6.29 Å². The average molecular weight is 188 g/mol. The molecule has 0 fully saturated rings. The standard InChI is InChI=1S/C10H20O3/c1-5-11-9(4)8-10(12-6-2)13-7-3/h8,10H,5-7H2,1-4H3/b9-8-. The third kappa shape index (κ3) is 6.61. The zero-order valence-electron chi connectivity index (χ0n) is 9.00. The SMILES string of the molecule is CCO/C(C)=C\C(OCC)OCC. The van der Waals surface area contributed by atoms with Crippen LogP contribution in [0.1, 0.15) is 27.7 Å². The predicted octanol–water partition coefficient (Wildman–Crippen LogP) is 2.33. The molecule has 0 saturated carbocycles. The summed E-state index contributed by atoms with van der Waals surface area (Å²) in [5.74, 6) is 0.842. The molecule has 0 heterocycles. The second kappa shape index (κ2) is 8.08. The number of rotatable bonds is 7. The van der Waals surface area contributed by atoms with Gasteiger partial charge in [0, 0.05) is 19.3 Å². The molecule has 0 aliphatic heterocycles. The maximum atomic E-state index is 5.32. The van der Waals surface area contributed by atoms with Crippen LogP contribution in [0.3, 0.4) is 0 Å². The molecular formula is C10H20O3. The third-order valence-electron chi connectivity index (χ3n) is 1.40. The van der Waals surface area contributed by atoms with Crippen LogP contribution in [0.2, 0.25) is 0 Å². The fourth-order valence-corrected chi connectivity index (χ4v) is 0.940. The van der Waals surface area contributed by atoms with Crippen molar-refractivity contribution in [3.05, 3.63) is 11.8 Å². The summed E-state index contributed by atoms with van der Waals surface area (Å²) in [4.78, 5) is 0. The van der Waals surface area contributed by atoms with Crippen molar-refractivity contribution in [2.24, 2.45) is 0 Å². The van der Waals surface area contributed by atoms with Crippen LogP contribution < -0.4 is 0 Å². The Morgan fingerprint density at radius 2 is 1.62 bits per heavy atom. The maximum absolute atomic E-state index is 5.32. The van der Waals surface area contributed by atoms with E-state index in [4.69, 9.17) is 14.2 Å². The summed E-state index contributed by atoms with van der Waals surface area (Å²) in [5, 5.41) is 0. The monoisotopic (exact) mass is 188 g/mol. The van der Waals surface area contributed by atoms with Crippen molar-refractivity contribution in [3.63, 3.8) is 0 Å². The van der Waals surface area contributed by atoms with E-state index in [1.54, 1.807) is 0 Å². The van der Waals surface area contributed by atoms with Crippen LogP contribution >= 0.6 is 0 Å². The molecule has 0 aromatic carbocycles. The smallest absolute Gasteiger partial charge is 0.180 e. The topological polar surface area (TPSA) is 27.7 Å². The van der Waals surface area contributed by atoms with E-state index in [9.17, 15) is 0 Å². The van der Waals surface area contributed by atoms with Crippen molar-refractivity contribution in [3.8, 4) is 0 Å². The number of allylic oxidation sites excluding steroid dienone is 1. The first-order valence-corrected chi connectivity index (χ1v) is 4.78. The van der Waals surface area contributed by atoms with E-state index in [0.29, 0.717) is 19.8 Å². The van der Waals surface area contributed by atoms with Crippen molar-refractivity contribution in [2.45, 2.75) is 34.0 Å². The fourth-order valence-electron chi connectivity index (χ4n) is 0.940. The van der Waals surface area contributed by atoms with Gasteiger partial charge in [0.15, 0.2) is 6.29 Å². The van der Waals surface area contributed by atoms with Crippen LogP contribution in [-0.4, -0.2) is 26.1 Å². The first kappa shape index (κ1) is 12.5. The molecule has 0 unspecified atom stereocenters. The Balaban J connectivity index is 3.96. The molecule has 78 valence electrons. The van der Waals surface area contributed by atoms with E-state index < -0.39 is 0 Å². The van der Waals surface area contributed by atoms with Crippen LogP contribution in [0.25, 0.3) is 0 Å². The lowest BCUT2D eigenvalue weighted by molar-refractivity contribution is -0.105. The van der Waals surface area contributed by atoms with Crippen LogP contribution in [0.15, 0.2) is 11.8 Å². The van der Waals surface area contributed by atoms with Gasteiger partial charge in [-0.3, -0.25) is 0 Å². The third-order valence-corrected chi connectivity index (χ3v) is 1.40. The highest BCUT2D eigenvalue weighted by molar-refractivity contribution is 4.91. The number of ether oxygens (including phenoxy) is 3. The Hall–Kier alpha value is -0.540. The Morgan fingerprint density at radius 1 is 1.08 bits per heavy atom. The second-order valence-corrected chi connectivity index (χ2v) is 2.49. The van der Waals surface area contributed by atoms with Gasteiger partial charge in [0.05, 0.1) is 12.4 Å². The van der Waals surface area contributed by atoms with E-state index in [2.05, 4.69) is 0 Å². The minimum Gasteiger partial charge on any atom is -0.499 e. The minimum absolute atomic E-state index is 0.276. The molecule has 0 aromatic rings.